The lowest BCUT2D eigenvalue weighted by Gasteiger charge is -2.41. The summed E-state index contributed by atoms with van der Waals surface area (Å²) >= 11 is 0. The molecule has 0 amide bonds. The van der Waals surface area contributed by atoms with Crippen molar-refractivity contribution in [1.82, 2.24) is 5.32 Å². The van der Waals surface area contributed by atoms with E-state index in [1.165, 1.54) is 36.6 Å². The van der Waals surface area contributed by atoms with E-state index in [1.807, 2.05) is 18.4 Å². The zero-order valence-corrected chi connectivity index (χ0v) is 11.0. The second-order valence-corrected chi connectivity index (χ2v) is 5.57. The number of nitrogens with one attached hydrogen (secondary N) is 1. The zero-order valence-electron chi connectivity index (χ0n) is 11.0. The molecule has 2 aromatic rings. The SMILES string of the molecule is CCC1(CNCc2coc3ccccc23)CCC1. The van der Waals surface area contributed by atoms with Crippen molar-refractivity contribution in [1.29, 1.82) is 0 Å². The van der Waals surface area contributed by atoms with Crippen LogP contribution in [0, 0.1) is 5.41 Å². The highest BCUT2D eigenvalue weighted by Gasteiger charge is 2.34. The maximum atomic E-state index is 5.56. The number of para-hydroxylation sites is 1. The highest BCUT2D eigenvalue weighted by molar-refractivity contribution is 5.80. The first-order chi connectivity index (χ1) is 8.83. The molecule has 1 aliphatic rings. The molecule has 3 rings (SSSR count). The van der Waals surface area contributed by atoms with Crippen LogP contribution in [0.25, 0.3) is 11.0 Å². The van der Waals surface area contributed by atoms with Crippen LogP contribution in [-0.4, -0.2) is 6.54 Å². The molecule has 96 valence electrons. The molecule has 1 aliphatic carbocycles. The van der Waals surface area contributed by atoms with E-state index in [4.69, 9.17) is 4.42 Å². The van der Waals surface area contributed by atoms with Crippen molar-refractivity contribution in [3.63, 3.8) is 0 Å². The molecule has 1 N–H and O–H groups in total. The minimum Gasteiger partial charge on any atom is -0.464 e. The van der Waals surface area contributed by atoms with E-state index >= 15 is 0 Å². The van der Waals surface area contributed by atoms with Gasteiger partial charge >= 0.3 is 0 Å². The third-order valence-electron chi connectivity index (χ3n) is 4.54. The van der Waals surface area contributed by atoms with Crippen LogP contribution in [0.5, 0.6) is 0 Å². The summed E-state index contributed by atoms with van der Waals surface area (Å²) in [7, 11) is 0. The Morgan fingerprint density at radius 1 is 1.28 bits per heavy atom. The lowest BCUT2D eigenvalue weighted by atomic mass is 9.67. The normalized spacial score (nSPS) is 17.8. The van der Waals surface area contributed by atoms with E-state index in [0.29, 0.717) is 5.41 Å². The van der Waals surface area contributed by atoms with Crippen molar-refractivity contribution in [3.8, 4) is 0 Å². The van der Waals surface area contributed by atoms with Gasteiger partial charge in [0.05, 0.1) is 6.26 Å². The maximum absolute atomic E-state index is 5.56. The minimum atomic E-state index is 0.583. The van der Waals surface area contributed by atoms with Crippen molar-refractivity contribution in [2.75, 3.05) is 6.54 Å². The molecule has 0 radical (unpaired) electrons. The Kier molecular flexibility index (Phi) is 3.13. The first-order valence-corrected chi connectivity index (χ1v) is 6.99. The van der Waals surface area contributed by atoms with E-state index in [-0.39, 0.29) is 0 Å². The Balaban J connectivity index is 1.63. The molecule has 0 saturated heterocycles. The van der Waals surface area contributed by atoms with Gasteiger partial charge in [0, 0.05) is 24.0 Å². The maximum Gasteiger partial charge on any atom is 0.134 e. The standard InChI is InChI=1S/C16H21NO/c1-2-16(8-5-9-16)12-17-10-13-11-18-15-7-4-3-6-14(13)15/h3-4,6-7,11,17H,2,5,8-10,12H2,1H3. The van der Waals surface area contributed by atoms with E-state index in [0.717, 1.165) is 18.7 Å². The summed E-state index contributed by atoms with van der Waals surface area (Å²) in [6.45, 7) is 4.37. The summed E-state index contributed by atoms with van der Waals surface area (Å²) in [6, 6.07) is 8.25. The molecule has 1 aromatic heterocycles. The van der Waals surface area contributed by atoms with Crippen molar-refractivity contribution < 1.29 is 4.42 Å². The van der Waals surface area contributed by atoms with Crippen LogP contribution in [0.3, 0.4) is 0 Å². The number of benzene rings is 1. The van der Waals surface area contributed by atoms with Crippen LogP contribution < -0.4 is 5.32 Å². The lowest BCUT2D eigenvalue weighted by molar-refractivity contribution is 0.124. The van der Waals surface area contributed by atoms with Crippen molar-refractivity contribution in [2.24, 2.45) is 5.41 Å². The van der Waals surface area contributed by atoms with Gasteiger partial charge in [0.25, 0.3) is 0 Å². The monoisotopic (exact) mass is 243 g/mol. The molecule has 1 heterocycles. The molecule has 2 heteroatoms. The molecule has 0 unspecified atom stereocenters. The lowest BCUT2D eigenvalue weighted by Crippen LogP contribution is -2.39. The summed E-state index contributed by atoms with van der Waals surface area (Å²) in [4.78, 5) is 0. The molecule has 0 spiro atoms. The number of furan rings is 1. The van der Waals surface area contributed by atoms with Gasteiger partial charge in [0.2, 0.25) is 0 Å². The van der Waals surface area contributed by atoms with Gasteiger partial charge < -0.3 is 9.73 Å². The summed E-state index contributed by atoms with van der Waals surface area (Å²) in [5.74, 6) is 0. The van der Waals surface area contributed by atoms with E-state index < -0.39 is 0 Å². The fraction of sp³-hybridized carbons (Fsp3) is 0.500. The van der Waals surface area contributed by atoms with Gasteiger partial charge in [-0.1, -0.05) is 31.5 Å². The van der Waals surface area contributed by atoms with E-state index in [2.05, 4.69) is 24.4 Å². The predicted octanol–water partition coefficient (Wildman–Crippen LogP) is 4.10. The third kappa shape index (κ3) is 2.05. The molecule has 1 saturated carbocycles. The van der Waals surface area contributed by atoms with Gasteiger partial charge in [-0.15, -0.1) is 0 Å². The second-order valence-electron chi connectivity index (χ2n) is 5.57. The molecule has 18 heavy (non-hydrogen) atoms. The van der Waals surface area contributed by atoms with Crippen LogP contribution in [0.1, 0.15) is 38.2 Å². The predicted molar refractivity (Wildman–Crippen MR) is 74.5 cm³/mol. The summed E-state index contributed by atoms with van der Waals surface area (Å²) < 4.78 is 5.56. The van der Waals surface area contributed by atoms with Crippen molar-refractivity contribution in [3.05, 3.63) is 36.1 Å². The molecule has 0 bridgehead atoms. The zero-order chi connectivity index (χ0) is 12.4. The number of hydrogen-bond acceptors (Lipinski definition) is 2. The van der Waals surface area contributed by atoms with Gasteiger partial charge in [-0.05, 0) is 30.7 Å². The van der Waals surface area contributed by atoms with Crippen LogP contribution in [0.4, 0.5) is 0 Å². The largest absolute Gasteiger partial charge is 0.464 e. The van der Waals surface area contributed by atoms with Gasteiger partial charge in [-0.3, -0.25) is 0 Å². The smallest absolute Gasteiger partial charge is 0.134 e. The molecular formula is C16H21NO. The second kappa shape index (κ2) is 4.77. The quantitative estimate of drug-likeness (QED) is 0.855. The highest BCUT2D eigenvalue weighted by atomic mass is 16.3. The molecule has 2 nitrogen and oxygen atoms in total. The van der Waals surface area contributed by atoms with Gasteiger partial charge in [-0.2, -0.15) is 0 Å². The van der Waals surface area contributed by atoms with Gasteiger partial charge in [0.15, 0.2) is 0 Å². The fourth-order valence-corrected chi connectivity index (χ4v) is 2.96. The summed E-state index contributed by atoms with van der Waals surface area (Å²) in [6.07, 6.45) is 7.37. The first kappa shape index (κ1) is 11.8. The van der Waals surface area contributed by atoms with Crippen LogP contribution >= 0.6 is 0 Å². The topological polar surface area (TPSA) is 25.2 Å². The van der Waals surface area contributed by atoms with E-state index in [1.54, 1.807) is 0 Å². The molecule has 0 atom stereocenters. The molecular weight excluding hydrogens is 222 g/mol. The Morgan fingerprint density at radius 2 is 2.11 bits per heavy atom. The fourth-order valence-electron chi connectivity index (χ4n) is 2.96. The average Bonchev–Trinajstić information content (AvgIpc) is 2.76. The minimum absolute atomic E-state index is 0.583. The van der Waals surface area contributed by atoms with Crippen LogP contribution in [0.2, 0.25) is 0 Å². The van der Waals surface area contributed by atoms with Crippen LogP contribution in [-0.2, 0) is 6.54 Å². The summed E-state index contributed by atoms with van der Waals surface area (Å²) in [5.41, 5.74) is 2.85. The van der Waals surface area contributed by atoms with Gasteiger partial charge in [-0.25, -0.2) is 0 Å². The van der Waals surface area contributed by atoms with Crippen molar-refractivity contribution >= 4 is 11.0 Å². The summed E-state index contributed by atoms with van der Waals surface area (Å²) in [5, 5.41) is 4.85. The van der Waals surface area contributed by atoms with Gasteiger partial charge in [0.1, 0.15) is 5.58 Å². The molecule has 1 fully saturated rings. The Morgan fingerprint density at radius 3 is 2.83 bits per heavy atom. The first-order valence-electron chi connectivity index (χ1n) is 6.99. The third-order valence-corrected chi connectivity index (χ3v) is 4.54. The van der Waals surface area contributed by atoms with Crippen LogP contribution in [0.15, 0.2) is 34.9 Å². The Hall–Kier alpha value is -1.28. The Bertz CT molecular complexity index is 519. The number of fused-ring (bicyclic) bond motifs is 1. The Labute approximate surface area is 108 Å². The molecule has 0 aliphatic heterocycles. The average molecular weight is 243 g/mol. The van der Waals surface area contributed by atoms with E-state index in [9.17, 15) is 0 Å². The molecule has 1 aromatic carbocycles. The van der Waals surface area contributed by atoms with Crippen molar-refractivity contribution in [2.45, 2.75) is 39.2 Å². The number of hydrogen-bond donors (Lipinski definition) is 1. The number of rotatable bonds is 5. The highest BCUT2D eigenvalue weighted by Crippen LogP contribution is 2.43.